The molecule has 1 unspecified atom stereocenters. The third-order valence-corrected chi connectivity index (χ3v) is 5.56. The standard InChI is InChI=1S/C28H36FN/c1-7-10-11-12-13-27(23(6)24-14-15-28(29)22(5)19-24)25-16-17-30(9-3)26(20-25)18-21(4)8-2/h10-21H,7-9H2,1-6H3/b11-10+,13-12-,26-18-,27-23-. The van der Waals surface area contributed by atoms with Crippen molar-refractivity contribution >= 4 is 5.57 Å². The van der Waals surface area contributed by atoms with Crippen LogP contribution in [0.15, 0.2) is 83.8 Å². The molecule has 0 saturated carbocycles. The number of aryl methyl sites for hydroxylation is 1. The average molecular weight is 406 g/mol. The van der Waals surface area contributed by atoms with Crippen LogP contribution < -0.4 is 0 Å². The zero-order valence-corrected chi connectivity index (χ0v) is 19.4. The maximum absolute atomic E-state index is 13.8. The van der Waals surface area contributed by atoms with Crippen LogP contribution in [0.5, 0.6) is 0 Å². The van der Waals surface area contributed by atoms with Crippen molar-refractivity contribution in [3.8, 4) is 0 Å². The number of benzene rings is 1. The summed E-state index contributed by atoms with van der Waals surface area (Å²) in [5.41, 5.74) is 6.43. The van der Waals surface area contributed by atoms with Crippen molar-refractivity contribution in [3.63, 3.8) is 0 Å². The van der Waals surface area contributed by atoms with Gasteiger partial charge in [0.1, 0.15) is 5.82 Å². The largest absolute Gasteiger partial charge is 0.348 e. The zero-order chi connectivity index (χ0) is 22.1. The van der Waals surface area contributed by atoms with Crippen molar-refractivity contribution in [3.05, 3.63) is 101 Å². The lowest BCUT2D eigenvalue weighted by Crippen LogP contribution is -2.18. The van der Waals surface area contributed by atoms with Crippen molar-refractivity contribution in [1.29, 1.82) is 0 Å². The summed E-state index contributed by atoms with van der Waals surface area (Å²) in [5, 5.41) is 0. The van der Waals surface area contributed by atoms with Gasteiger partial charge in [-0.05, 0) is 85.2 Å². The molecule has 1 aromatic rings. The number of nitrogens with zero attached hydrogens (tertiary/aromatic N) is 1. The van der Waals surface area contributed by atoms with Gasteiger partial charge >= 0.3 is 0 Å². The Morgan fingerprint density at radius 3 is 2.57 bits per heavy atom. The molecule has 0 saturated heterocycles. The van der Waals surface area contributed by atoms with E-state index in [1.165, 1.54) is 11.3 Å². The molecule has 0 fully saturated rings. The van der Waals surface area contributed by atoms with Crippen LogP contribution in [0, 0.1) is 18.7 Å². The van der Waals surface area contributed by atoms with Crippen LogP contribution in [-0.2, 0) is 0 Å². The highest BCUT2D eigenvalue weighted by Crippen LogP contribution is 2.31. The summed E-state index contributed by atoms with van der Waals surface area (Å²) < 4.78 is 13.8. The summed E-state index contributed by atoms with van der Waals surface area (Å²) in [5.74, 6) is 0.359. The lowest BCUT2D eigenvalue weighted by molar-refractivity contribution is 0.492. The molecule has 1 aliphatic rings. The molecule has 30 heavy (non-hydrogen) atoms. The molecule has 1 heterocycles. The Hall–Kier alpha value is -2.61. The maximum Gasteiger partial charge on any atom is 0.126 e. The number of hydrogen-bond donors (Lipinski definition) is 0. The number of allylic oxidation sites excluding steroid dienone is 10. The molecule has 0 N–H and O–H groups in total. The molecule has 0 aliphatic carbocycles. The maximum atomic E-state index is 13.8. The average Bonchev–Trinajstić information content (AvgIpc) is 2.75. The van der Waals surface area contributed by atoms with Gasteiger partial charge in [-0.2, -0.15) is 0 Å². The molecule has 2 heteroatoms. The normalized spacial score (nSPS) is 17.8. The Morgan fingerprint density at radius 2 is 1.93 bits per heavy atom. The molecular weight excluding hydrogens is 369 g/mol. The van der Waals surface area contributed by atoms with Crippen molar-refractivity contribution in [2.75, 3.05) is 6.54 Å². The molecule has 1 aliphatic heterocycles. The van der Waals surface area contributed by atoms with E-state index >= 15 is 0 Å². The van der Waals surface area contributed by atoms with Crippen LogP contribution in [-0.4, -0.2) is 11.4 Å². The van der Waals surface area contributed by atoms with Gasteiger partial charge in [0.25, 0.3) is 0 Å². The van der Waals surface area contributed by atoms with E-state index in [1.807, 2.05) is 19.1 Å². The van der Waals surface area contributed by atoms with Crippen molar-refractivity contribution < 1.29 is 4.39 Å². The van der Waals surface area contributed by atoms with Gasteiger partial charge < -0.3 is 4.90 Å². The van der Waals surface area contributed by atoms with E-state index < -0.39 is 0 Å². The summed E-state index contributed by atoms with van der Waals surface area (Å²) in [7, 11) is 0. The second-order valence-electron chi connectivity index (χ2n) is 7.88. The fraction of sp³-hybridized carbons (Fsp3) is 0.357. The number of likely N-dealkylation sites (N-methyl/N-ethyl adjacent to an activating group) is 1. The fourth-order valence-electron chi connectivity index (χ4n) is 3.39. The highest BCUT2D eigenvalue weighted by Gasteiger charge is 2.14. The van der Waals surface area contributed by atoms with Crippen molar-refractivity contribution in [2.24, 2.45) is 5.92 Å². The highest BCUT2D eigenvalue weighted by atomic mass is 19.1. The molecular formula is C28H36FN. The predicted molar refractivity (Wildman–Crippen MR) is 129 cm³/mol. The third kappa shape index (κ3) is 6.19. The molecule has 0 radical (unpaired) electrons. The summed E-state index contributed by atoms with van der Waals surface area (Å²) >= 11 is 0. The van der Waals surface area contributed by atoms with E-state index in [1.54, 1.807) is 6.07 Å². The molecule has 1 nitrogen and oxygen atoms in total. The first-order valence-corrected chi connectivity index (χ1v) is 11.1. The minimum atomic E-state index is -0.163. The second-order valence-corrected chi connectivity index (χ2v) is 7.88. The Bertz CT molecular complexity index is 909. The number of rotatable bonds is 8. The van der Waals surface area contributed by atoms with Gasteiger partial charge in [0.05, 0.1) is 0 Å². The molecule has 1 atom stereocenters. The first kappa shape index (κ1) is 23.7. The van der Waals surface area contributed by atoms with Gasteiger partial charge in [0.15, 0.2) is 0 Å². The first-order valence-electron chi connectivity index (χ1n) is 11.1. The molecule has 0 amide bonds. The molecule has 0 bridgehead atoms. The van der Waals surface area contributed by atoms with Crippen LogP contribution in [0.4, 0.5) is 4.39 Å². The van der Waals surface area contributed by atoms with E-state index in [-0.39, 0.29) is 5.82 Å². The van der Waals surface area contributed by atoms with Gasteiger partial charge in [-0.1, -0.05) is 63.6 Å². The highest BCUT2D eigenvalue weighted by molar-refractivity contribution is 5.76. The van der Waals surface area contributed by atoms with Gasteiger partial charge in [0, 0.05) is 18.4 Å². The molecule has 1 aromatic carbocycles. The third-order valence-electron chi connectivity index (χ3n) is 5.56. The Labute approximate surface area is 182 Å². The zero-order valence-electron chi connectivity index (χ0n) is 19.4. The van der Waals surface area contributed by atoms with Crippen LogP contribution in [0.25, 0.3) is 5.57 Å². The van der Waals surface area contributed by atoms with Gasteiger partial charge in [-0.15, -0.1) is 0 Å². The van der Waals surface area contributed by atoms with Crippen LogP contribution in [0.1, 0.15) is 58.6 Å². The van der Waals surface area contributed by atoms with E-state index in [0.717, 1.165) is 36.1 Å². The van der Waals surface area contributed by atoms with Crippen LogP contribution in [0.3, 0.4) is 0 Å². The Kier molecular flexibility index (Phi) is 9.11. The van der Waals surface area contributed by atoms with Gasteiger partial charge in [0.2, 0.25) is 0 Å². The van der Waals surface area contributed by atoms with Gasteiger partial charge in [-0.3, -0.25) is 0 Å². The number of hydrogen-bond acceptors (Lipinski definition) is 1. The lowest BCUT2D eigenvalue weighted by atomic mass is 9.92. The minimum Gasteiger partial charge on any atom is -0.348 e. The summed E-state index contributed by atoms with van der Waals surface area (Å²) in [6, 6.07) is 5.36. The quantitative estimate of drug-likeness (QED) is 0.395. The smallest absolute Gasteiger partial charge is 0.126 e. The molecule has 0 spiro atoms. The first-order chi connectivity index (χ1) is 14.4. The van der Waals surface area contributed by atoms with E-state index in [4.69, 9.17) is 0 Å². The summed E-state index contributed by atoms with van der Waals surface area (Å²) in [4.78, 5) is 2.28. The van der Waals surface area contributed by atoms with E-state index in [9.17, 15) is 4.39 Å². The minimum absolute atomic E-state index is 0.163. The van der Waals surface area contributed by atoms with Crippen molar-refractivity contribution in [2.45, 2.75) is 54.4 Å². The van der Waals surface area contributed by atoms with Crippen LogP contribution in [0.2, 0.25) is 0 Å². The molecule has 0 aromatic heterocycles. The molecule has 160 valence electrons. The Morgan fingerprint density at radius 1 is 1.17 bits per heavy atom. The SMILES string of the molecule is CC/C=C/C=C\C(C1=C/C(=C/C(C)CC)N(CC)C=C1)=C(/C)c1ccc(F)c(C)c1. The second kappa shape index (κ2) is 11.5. The van der Waals surface area contributed by atoms with Crippen LogP contribution >= 0.6 is 0 Å². The number of halogens is 1. The van der Waals surface area contributed by atoms with E-state index in [0.29, 0.717) is 11.5 Å². The predicted octanol–water partition coefficient (Wildman–Crippen LogP) is 8.14. The van der Waals surface area contributed by atoms with E-state index in [2.05, 4.69) is 88.3 Å². The summed E-state index contributed by atoms with van der Waals surface area (Å²) in [6.45, 7) is 13.7. The molecule has 2 rings (SSSR count). The fourth-order valence-corrected chi connectivity index (χ4v) is 3.39. The lowest BCUT2D eigenvalue weighted by Gasteiger charge is -2.26. The monoisotopic (exact) mass is 405 g/mol. The summed E-state index contributed by atoms with van der Waals surface area (Å²) in [6.07, 6.45) is 19.6. The van der Waals surface area contributed by atoms with Gasteiger partial charge in [-0.25, -0.2) is 4.39 Å². The topological polar surface area (TPSA) is 3.24 Å². The Balaban J connectivity index is 2.59. The van der Waals surface area contributed by atoms with Crippen molar-refractivity contribution in [1.82, 2.24) is 4.90 Å².